The minimum absolute atomic E-state index is 0.199. The van der Waals surface area contributed by atoms with Gasteiger partial charge in [-0.25, -0.2) is 4.98 Å². The van der Waals surface area contributed by atoms with Crippen molar-refractivity contribution in [2.24, 2.45) is 0 Å². The summed E-state index contributed by atoms with van der Waals surface area (Å²) in [6.45, 7) is 2.97. The van der Waals surface area contributed by atoms with Gasteiger partial charge in [-0.1, -0.05) is 0 Å². The zero-order valence-electron chi connectivity index (χ0n) is 11.2. The Kier molecular flexibility index (Phi) is 3.38. The quantitative estimate of drug-likeness (QED) is 0.880. The SMILES string of the molecule is COc1ccc2nc(N)n(C(C)CN(C)C)c2n1. The monoisotopic (exact) mass is 249 g/mol. The summed E-state index contributed by atoms with van der Waals surface area (Å²) in [6.07, 6.45) is 0. The van der Waals surface area contributed by atoms with Crippen molar-refractivity contribution in [2.75, 3.05) is 33.5 Å². The molecule has 0 amide bonds. The standard InChI is InChI=1S/C12H19N5O/c1-8(7-16(2)3)17-11-9(14-12(17)13)5-6-10(15-11)18-4/h5-6,8H,7H2,1-4H3,(H2,13,14). The summed E-state index contributed by atoms with van der Waals surface area (Å²) in [5, 5.41) is 0. The number of pyridine rings is 1. The van der Waals surface area contributed by atoms with Crippen molar-refractivity contribution in [3.63, 3.8) is 0 Å². The molecule has 0 saturated heterocycles. The molecule has 2 heterocycles. The highest BCUT2D eigenvalue weighted by Crippen LogP contribution is 2.23. The van der Waals surface area contributed by atoms with Crippen molar-refractivity contribution in [2.45, 2.75) is 13.0 Å². The number of anilines is 1. The third kappa shape index (κ3) is 2.24. The van der Waals surface area contributed by atoms with E-state index in [-0.39, 0.29) is 6.04 Å². The molecule has 0 bridgehead atoms. The van der Waals surface area contributed by atoms with E-state index in [1.54, 1.807) is 13.2 Å². The van der Waals surface area contributed by atoms with Crippen LogP contribution in [-0.4, -0.2) is 47.2 Å². The van der Waals surface area contributed by atoms with Crippen LogP contribution >= 0.6 is 0 Å². The van der Waals surface area contributed by atoms with Gasteiger partial charge in [0.2, 0.25) is 11.8 Å². The topological polar surface area (TPSA) is 69.2 Å². The number of hydrogen-bond acceptors (Lipinski definition) is 5. The van der Waals surface area contributed by atoms with Gasteiger partial charge < -0.3 is 15.4 Å². The summed E-state index contributed by atoms with van der Waals surface area (Å²) in [5.41, 5.74) is 7.53. The van der Waals surface area contributed by atoms with Crippen molar-refractivity contribution < 1.29 is 4.74 Å². The molecule has 6 nitrogen and oxygen atoms in total. The Bertz CT molecular complexity index is 549. The van der Waals surface area contributed by atoms with Crippen molar-refractivity contribution in [1.29, 1.82) is 0 Å². The lowest BCUT2D eigenvalue weighted by molar-refractivity contribution is 0.341. The average Bonchev–Trinajstić information content (AvgIpc) is 2.62. The van der Waals surface area contributed by atoms with E-state index < -0.39 is 0 Å². The highest BCUT2D eigenvalue weighted by Gasteiger charge is 2.16. The average molecular weight is 249 g/mol. The van der Waals surface area contributed by atoms with Crippen LogP contribution in [0.3, 0.4) is 0 Å². The van der Waals surface area contributed by atoms with Gasteiger partial charge in [-0.2, -0.15) is 4.98 Å². The zero-order valence-corrected chi connectivity index (χ0v) is 11.2. The number of hydrogen-bond donors (Lipinski definition) is 1. The van der Waals surface area contributed by atoms with Crippen molar-refractivity contribution >= 4 is 17.1 Å². The second-order valence-electron chi connectivity index (χ2n) is 4.65. The fourth-order valence-electron chi connectivity index (χ4n) is 2.13. The molecule has 6 heteroatoms. The maximum atomic E-state index is 5.97. The number of nitrogen functional groups attached to an aromatic ring is 1. The van der Waals surface area contributed by atoms with Crippen LogP contribution in [0, 0.1) is 0 Å². The van der Waals surface area contributed by atoms with Gasteiger partial charge in [-0.15, -0.1) is 0 Å². The first-order valence-electron chi connectivity index (χ1n) is 5.86. The Balaban J connectivity index is 2.50. The highest BCUT2D eigenvalue weighted by molar-refractivity contribution is 5.75. The zero-order chi connectivity index (χ0) is 13.3. The fourth-order valence-corrected chi connectivity index (χ4v) is 2.13. The van der Waals surface area contributed by atoms with Crippen molar-refractivity contribution in [3.8, 4) is 5.88 Å². The Labute approximate surface area is 106 Å². The van der Waals surface area contributed by atoms with Gasteiger partial charge in [0.1, 0.15) is 5.52 Å². The number of aromatic nitrogens is 3. The molecule has 1 atom stereocenters. The van der Waals surface area contributed by atoms with Crippen LogP contribution in [0.5, 0.6) is 5.88 Å². The summed E-state index contributed by atoms with van der Waals surface area (Å²) in [6, 6.07) is 3.86. The van der Waals surface area contributed by atoms with Gasteiger partial charge in [0.25, 0.3) is 0 Å². The smallest absolute Gasteiger partial charge is 0.215 e. The number of likely N-dealkylation sites (N-methyl/N-ethyl adjacent to an activating group) is 1. The summed E-state index contributed by atoms with van der Waals surface area (Å²) in [4.78, 5) is 10.9. The van der Waals surface area contributed by atoms with Crippen LogP contribution in [0.4, 0.5) is 5.95 Å². The van der Waals surface area contributed by atoms with E-state index in [0.717, 1.165) is 17.7 Å². The lowest BCUT2D eigenvalue weighted by Gasteiger charge is -2.19. The molecule has 0 radical (unpaired) electrons. The van der Waals surface area contributed by atoms with Crippen LogP contribution in [0.25, 0.3) is 11.2 Å². The molecule has 18 heavy (non-hydrogen) atoms. The molecule has 0 aliphatic heterocycles. The van der Waals surface area contributed by atoms with Crippen LogP contribution in [0.1, 0.15) is 13.0 Å². The molecule has 0 saturated carbocycles. The first-order valence-corrected chi connectivity index (χ1v) is 5.86. The van der Waals surface area contributed by atoms with E-state index in [4.69, 9.17) is 10.5 Å². The van der Waals surface area contributed by atoms with Gasteiger partial charge >= 0.3 is 0 Å². The third-order valence-corrected chi connectivity index (χ3v) is 2.82. The Morgan fingerprint density at radius 2 is 2.11 bits per heavy atom. The molecule has 2 N–H and O–H groups in total. The molecule has 0 aromatic carbocycles. The van der Waals surface area contributed by atoms with Crippen LogP contribution < -0.4 is 10.5 Å². The van der Waals surface area contributed by atoms with E-state index in [1.165, 1.54) is 0 Å². The van der Waals surface area contributed by atoms with Crippen molar-refractivity contribution in [1.82, 2.24) is 19.4 Å². The Morgan fingerprint density at radius 3 is 2.72 bits per heavy atom. The van der Waals surface area contributed by atoms with E-state index in [2.05, 4.69) is 21.8 Å². The first kappa shape index (κ1) is 12.6. The normalized spacial score (nSPS) is 13.2. The summed E-state index contributed by atoms with van der Waals surface area (Å²) in [5.74, 6) is 1.06. The number of rotatable bonds is 4. The molecule has 2 aromatic heterocycles. The summed E-state index contributed by atoms with van der Waals surface area (Å²) in [7, 11) is 5.65. The number of nitrogens with two attached hydrogens (primary N) is 1. The molecule has 0 aliphatic carbocycles. The maximum absolute atomic E-state index is 5.97. The molecule has 98 valence electrons. The molecule has 0 aliphatic rings. The Morgan fingerprint density at radius 1 is 1.39 bits per heavy atom. The third-order valence-electron chi connectivity index (χ3n) is 2.82. The number of nitrogens with zero attached hydrogens (tertiary/aromatic N) is 4. The van der Waals surface area contributed by atoms with Crippen LogP contribution in [0.2, 0.25) is 0 Å². The minimum Gasteiger partial charge on any atom is -0.481 e. The van der Waals surface area contributed by atoms with E-state index in [0.29, 0.717) is 11.8 Å². The molecule has 2 rings (SSSR count). The first-order chi connectivity index (χ1) is 8.52. The molecule has 1 unspecified atom stereocenters. The second kappa shape index (κ2) is 4.81. The van der Waals surface area contributed by atoms with Crippen LogP contribution in [-0.2, 0) is 0 Å². The number of imidazole rings is 1. The Hall–Kier alpha value is -1.82. The second-order valence-corrected chi connectivity index (χ2v) is 4.65. The fraction of sp³-hybridized carbons (Fsp3) is 0.500. The van der Waals surface area contributed by atoms with Crippen molar-refractivity contribution in [3.05, 3.63) is 12.1 Å². The van der Waals surface area contributed by atoms with Gasteiger partial charge in [0.15, 0.2) is 5.65 Å². The number of methoxy groups -OCH3 is 1. The number of fused-ring (bicyclic) bond motifs is 1. The summed E-state index contributed by atoms with van der Waals surface area (Å²) < 4.78 is 7.09. The van der Waals surface area contributed by atoms with Gasteiger partial charge in [-0.3, -0.25) is 4.57 Å². The minimum atomic E-state index is 0.199. The molecule has 0 fully saturated rings. The molecule has 2 aromatic rings. The predicted octanol–water partition coefficient (Wildman–Crippen LogP) is 1.14. The van der Waals surface area contributed by atoms with E-state index in [9.17, 15) is 0 Å². The van der Waals surface area contributed by atoms with Gasteiger partial charge in [0.05, 0.1) is 7.11 Å². The summed E-state index contributed by atoms with van der Waals surface area (Å²) >= 11 is 0. The highest BCUT2D eigenvalue weighted by atomic mass is 16.5. The molecular formula is C12H19N5O. The van der Waals surface area contributed by atoms with E-state index >= 15 is 0 Å². The molecule has 0 spiro atoms. The predicted molar refractivity (Wildman–Crippen MR) is 71.8 cm³/mol. The molecular weight excluding hydrogens is 230 g/mol. The maximum Gasteiger partial charge on any atom is 0.215 e. The number of ether oxygens (including phenoxy) is 1. The van der Waals surface area contributed by atoms with Gasteiger partial charge in [0, 0.05) is 18.7 Å². The largest absolute Gasteiger partial charge is 0.481 e. The van der Waals surface area contributed by atoms with Crippen LogP contribution in [0.15, 0.2) is 12.1 Å². The van der Waals surface area contributed by atoms with Gasteiger partial charge in [-0.05, 0) is 27.1 Å². The van der Waals surface area contributed by atoms with E-state index in [1.807, 2.05) is 24.7 Å². The lowest BCUT2D eigenvalue weighted by atomic mass is 10.3. The lowest BCUT2D eigenvalue weighted by Crippen LogP contribution is -2.23.